The molecule has 4 nitrogen and oxygen atoms in total. The molecule has 1 aromatic rings. The van der Waals surface area contributed by atoms with Crippen molar-refractivity contribution in [3.63, 3.8) is 0 Å². The molecule has 0 radical (unpaired) electrons. The van der Waals surface area contributed by atoms with Crippen molar-refractivity contribution in [2.45, 2.75) is 31.1 Å². The zero-order valence-corrected chi connectivity index (χ0v) is 11.2. The van der Waals surface area contributed by atoms with Gasteiger partial charge in [0.2, 0.25) is 10.0 Å². The predicted octanol–water partition coefficient (Wildman–Crippen LogP) is 1.25. The zero-order chi connectivity index (χ0) is 12.8. The van der Waals surface area contributed by atoms with Crippen LogP contribution in [0.2, 0.25) is 0 Å². The van der Waals surface area contributed by atoms with Crippen LogP contribution in [0.25, 0.3) is 0 Å². The highest BCUT2D eigenvalue weighted by molar-refractivity contribution is 7.88. The lowest BCUT2D eigenvalue weighted by molar-refractivity contribution is 0.517. The number of hydrogen-bond acceptors (Lipinski definition) is 3. The van der Waals surface area contributed by atoms with Crippen LogP contribution >= 0.6 is 0 Å². The quantitative estimate of drug-likeness (QED) is 0.864. The second-order valence-electron chi connectivity index (χ2n) is 4.74. The van der Waals surface area contributed by atoms with Gasteiger partial charge in [0.05, 0.1) is 5.75 Å². The second kappa shape index (κ2) is 6.31. The number of nitrogens with one attached hydrogen (secondary N) is 2. The average Bonchev–Trinajstić information content (AvgIpc) is 2.57. The maximum absolute atomic E-state index is 12.0. The Labute approximate surface area is 109 Å². The third-order valence-corrected chi connectivity index (χ3v) is 4.53. The smallest absolute Gasteiger partial charge is 0.216 e. The summed E-state index contributed by atoms with van der Waals surface area (Å²) in [6.07, 6.45) is 2.81. The second-order valence-corrected chi connectivity index (χ2v) is 6.49. The van der Waals surface area contributed by atoms with Gasteiger partial charge in [0.25, 0.3) is 0 Å². The summed E-state index contributed by atoms with van der Waals surface area (Å²) in [6.45, 7) is 1.87. The first-order chi connectivity index (χ1) is 8.66. The van der Waals surface area contributed by atoms with Gasteiger partial charge < -0.3 is 5.32 Å². The van der Waals surface area contributed by atoms with Gasteiger partial charge in [-0.1, -0.05) is 30.3 Å². The lowest BCUT2D eigenvalue weighted by atomic mass is 10.1. The van der Waals surface area contributed by atoms with Gasteiger partial charge in [-0.25, -0.2) is 13.1 Å². The van der Waals surface area contributed by atoms with E-state index in [4.69, 9.17) is 0 Å². The molecule has 1 aliphatic heterocycles. The van der Waals surface area contributed by atoms with Gasteiger partial charge in [0, 0.05) is 6.04 Å². The van der Waals surface area contributed by atoms with E-state index >= 15 is 0 Å². The average molecular weight is 268 g/mol. The van der Waals surface area contributed by atoms with E-state index in [0.29, 0.717) is 0 Å². The van der Waals surface area contributed by atoms with E-state index < -0.39 is 10.0 Å². The minimum absolute atomic E-state index is 0.0672. The standard InChI is InChI=1S/C13H20N2O2S/c16-18(17,11-12-5-2-1-3-6-12)15-13-7-4-9-14-10-8-13/h1-3,5-6,13-15H,4,7-11H2. The number of rotatable bonds is 4. The minimum Gasteiger partial charge on any atom is -0.317 e. The van der Waals surface area contributed by atoms with Crippen LogP contribution < -0.4 is 10.0 Å². The van der Waals surface area contributed by atoms with Crippen molar-refractivity contribution in [1.82, 2.24) is 10.0 Å². The van der Waals surface area contributed by atoms with Crippen molar-refractivity contribution in [1.29, 1.82) is 0 Å². The van der Waals surface area contributed by atoms with E-state index in [1.165, 1.54) is 0 Å². The molecule has 1 aliphatic rings. The molecule has 0 aromatic heterocycles. The molecule has 0 spiro atoms. The first kappa shape index (κ1) is 13.5. The molecule has 1 aromatic carbocycles. The third-order valence-electron chi connectivity index (χ3n) is 3.12. The summed E-state index contributed by atoms with van der Waals surface area (Å²) in [5, 5.41) is 3.28. The van der Waals surface area contributed by atoms with Gasteiger partial charge in [-0.05, 0) is 37.9 Å². The summed E-state index contributed by atoms with van der Waals surface area (Å²) in [4.78, 5) is 0. The Hall–Kier alpha value is -0.910. The number of benzene rings is 1. The van der Waals surface area contributed by atoms with Crippen molar-refractivity contribution < 1.29 is 8.42 Å². The Bertz CT molecular complexity index is 451. The summed E-state index contributed by atoms with van der Waals surface area (Å²) < 4.78 is 26.9. The maximum atomic E-state index is 12.0. The molecule has 5 heteroatoms. The molecular formula is C13H20N2O2S. The molecular weight excluding hydrogens is 248 g/mol. The first-order valence-corrected chi connectivity index (χ1v) is 8.05. The Morgan fingerprint density at radius 3 is 2.72 bits per heavy atom. The van der Waals surface area contributed by atoms with E-state index in [1.54, 1.807) is 0 Å². The van der Waals surface area contributed by atoms with Crippen LogP contribution in [-0.2, 0) is 15.8 Å². The van der Waals surface area contributed by atoms with Crippen LogP contribution in [0.5, 0.6) is 0 Å². The topological polar surface area (TPSA) is 58.2 Å². The fraction of sp³-hybridized carbons (Fsp3) is 0.538. The summed E-state index contributed by atoms with van der Waals surface area (Å²) >= 11 is 0. The summed E-state index contributed by atoms with van der Waals surface area (Å²) in [5.74, 6) is 0.0672. The largest absolute Gasteiger partial charge is 0.317 e. The number of hydrogen-bond donors (Lipinski definition) is 2. The van der Waals surface area contributed by atoms with E-state index in [2.05, 4.69) is 10.0 Å². The summed E-state index contributed by atoms with van der Waals surface area (Å²) in [6, 6.07) is 9.37. The molecule has 100 valence electrons. The van der Waals surface area contributed by atoms with Crippen molar-refractivity contribution in [3.8, 4) is 0 Å². The molecule has 1 unspecified atom stereocenters. The molecule has 1 atom stereocenters. The molecule has 18 heavy (non-hydrogen) atoms. The molecule has 1 heterocycles. The molecule has 1 saturated heterocycles. The van der Waals surface area contributed by atoms with E-state index in [-0.39, 0.29) is 11.8 Å². The molecule has 0 bridgehead atoms. The highest BCUT2D eigenvalue weighted by Gasteiger charge is 2.19. The van der Waals surface area contributed by atoms with Gasteiger partial charge >= 0.3 is 0 Å². The summed E-state index contributed by atoms with van der Waals surface area (Å²) in [7, 11) is -3.23. The van der Waals surface area contributed by atoms with Gasteiger partial charge in [0.1, 0.15) is 0 Å². The normalized spacial score (nSPS) is 21.4. The fourth-order valence-corrected chi connectivity index (χ4v) is 3.68. The van der Waals surface area contributed by atoms with Crippen LogP contribution in [0, 0.1) is 0 Å². The van der Waals surface area contributed by atoms with Crippen LogP contribution in [0.4, 0.5) is 0 Å². The fourth-order valence-electron chi connectivity index (χ4n) is 2.23. The van der Waals surface area contributed by atoms with Crippen molar-refractivity contribution in [3.05, 3.63) is 35.9 Å². The number of sulfonamides is 1. The maximum Gasteiger partial charge on any atom is 0.216 e. The van der Waals surface area contributed by atoms with E-state index in [0.717, 1.165) is 37.9 Å². The molecule has 2 rings (SSSR count). The van der Waals surface area contributed by atoms with Crippen LogP contribution in [0.1, 0.15) is 24.8 Å². The predicted molar refractivity (Wildman–Crippen MR) is 72.7 cm³/mol. The highest BCUT2D eigenvalue weighted by atomic mass is 32.2. The third kappa shape index (κ3) is 4.40. The molecule has 0 saturated carbocycles. The van der Waals surface area contributed by atoms with Gasteiger partial charge in [-0.3, -0.25) is 0 Å². The Morgan fingerprint density at radius 1 is 1.17 bits per heavy atom. The van der Waals surface area contributed by atoms with Gasteiger partial charge in [-0.2, -0.15) is 0 Å². The lowest BCUT2D eigenvalue weighted by Gasteiger charge is -2.16. The minimum atomic E-state index is -3.23. The van der Waals surface area contributed by atoms with Gasteiger partial charge in [0.15, 0.2) is 0 Å². The molecule has 0 amide bonds. The van der Waals surface area contributed by atoms with Crippen LogP contribution in [0.3, 0.4) is 0 Å². The van der Waals surface area contributed by atoms with Gasteiger partial charge in [-0.15, -0.1) is 0 Å². The highest BCUT2D eigenvalue weighted by Crippen LogP contribution is 2.09. The van der Waals surface area contributed by atoms with Crippen molar-refractivity contribution in [2.75, 3.05) is 13.1 Å². The first-order valence-electron chi connectivity index (χ1n) is 6.40. The van der Waals surface area contributed by atoms with Crippen molar-refractivity contribution in [2.24, 2.45) is 0 Å². The molecule has 1 fully saturated rings. The van der Waals surface area contributed by atoms with Crippen molar-refractivity contribution >= 4 is 10.0 Å². The molecule has 2 N–H and O–H groups in total. The Morgan fingerprint density at radius 2 is 1.94 bits per heavy atom. The van der Waals surface area contributed by atoms with E-state index in [1.807, 2.05) is 30.3 Å². The van der Waals surface area contributed by atoms with Crippen LogP contribution in [0.15, 0.2) is 30.3 Å². The lowest BCUT2D eigenvalue weighted by Crippen LogP contribution is -2.36. The Balaban J connectivity index is 1.94. The van der Waals surface area contributed by atoms with Crippen LogP contribution in [-0.4, -0.2) is 27.5 Å². The zero-order valence-electron chi connectivity index (χ0n) is 10.4. The van der Waals surface area contributed by atoms with E-state index in [9.17, 15) is 8.42 Å². The SMILES string of the molecule is O=S(=O)(Cc1ccccc1)NC1CCCNCC1. The molecule has 0 aliphatic carbocycles. The monoisotopic (exact) mass is 268 g/mol. The Kier molecular flexibility index (Phi) is 4.74. The summed E-state index contributed by atoms with van der Waals surface area (Å²) in [5.41, 5.74) is 0.830.